The van der Waals surface area contributed by atoms with E-state index >= 15 is 0 Å². The molecule has 0 unspecified atom stereocenters. The zero-order chi connectivity index (χ0) is 52.8. The van der Waals surface area contributed by atoms with Crippen molar-refractivity contribution in [3.8, 4) is 0 Å². The number of carbonyl (C=O) groups is 12. The van der Waals surface area contributed by atoms with Gasteiger partial charge >= 0.3 is 59.9 Å². The SMILES string of the molecule is Nc1cc(C(=O)N2CCN(C(=O)NCCCC[C@H](NC(=O)N[C@@H](CCC(=O)O)C(=O)O)C(=O)O)CC2)cc(C(=O)N2CCN(C(=O)NCCCC[C@@H](NC(=O)N[C@H](CCC(=O)O)C(=O)O)C(=O)O)CC2)c1. The van der Waals surface area contributed by atoms with Crippen molar-refractivity contribution in [3.63, 3.8) is 0 Å². The number of urea groups is 4. The number of carboxylic acid groups (broad SMARTS) is 6. The third kappa shape index (κ3) is 19.8. The molecule has 2 aliphatic rings. The van der Waals surface area contributed by atoms with E-state index in [1.54, 1.807) is 0 Å². The van der Waals surface area contributed by atoms with Crippen molar-refractivity contribution in [3.05, 3.63) is 29.3 Å². The second-order valence-electron chi connectivity index (χ2n) is 16.5. The van der Waals surface area contributed by atoms with E-state index in [-0.39, 0.29) is 108 Å². The van der Waals surface area contributed by atoms with Gasteiger partial charge in [0.25, 0.3) is 11.8 Å². The van der Waals surface area contributed by atoms with Crippen molar-refractivity contribution in [1.82, 2.24) is 51.5 Å². The van der Waals surface area contributed by atoms with Gasteiger partial charge in [-0.15, -0.1) is 0 Å². The normalized spacial score (nSPS) is 15.2. The molecule has 2 aliphatic heterocycles. The third-order valence-electron chi connectivity index (χ3n) is 11.3. The zero-order valence-electron chi connectivity index (χ0n) is 38.6. The van der Waals surface area contributed by atoms with Crippen molar-refractivity contribution < 1.29 is 88.2 Å². The molecule has 0 aromatic heterocycles. The summed E-state index contributed by atoms with van der Waals surface area (Å²) in [4.78, 5) is 151. The molecule has 71 heavy (non-hydrogen) atoms. The van der Waals surface area contributed by atoms with E-state index in [1.165, 1.54) is 37.8 Å². The molecule has 0 aliphatic carbocycles. The molecular formula is C42H61N11O18. The molecule has 0 saturated carbocycles. The van der Waals surface area contributed by atoms with Crippen LogP contribution in [0, 0.1) is 0 Å². The van der Waals surface area contributed by atoms with Crippen LogP contribution in [0.15, 0.2) is 18.2 Å². The van der Waals surface area contributed by atoms with Gasteiger partial charge in [0.05, 0.1) is 0 Å². The molecule has 2 heterocycles. The number of carboxylic acids is 6. The summed E-state index contributed by atoms with van der Waals surface area (Å²) >= 11 is 0. The number of aliphatic carboxylic acids is 6. The first-order valence-electron chi connectivity index (χ1n) is 22.6. The Bertz CT molecular complexity index is 1990. The molecule has 2 saturated heterocycles. The number of hydrogen-bond acceptors (Lipinski definition) is 13. The predicted octanol–water partition coefficient (Wildman–Crippen LogP) is -1.32. The third-order valence-corrected chi connectivity index (χ3v) is 11.3. The molecular weight excluding hydrogens is 947 g/mol. The maximum Gasteiger partial charge on any atom is 0.326 e. The lowest BCUT2D eigenvalue weighted by atomic mass is 10.1. The summed E-state index contributed by atoms with van der Waals surface area (Å²) in [7, 11) is 0. The summed E-state index contributed by atoms with van der Waals surface area (Å²) in [6.07, 6.45) is -0.847. The number of nitrogens with two attached hydrogens (primary N) is 1. The molecule has 2 fully saturated rings. The molecule has 3 rings (SSSR count). The second kappa shape index (κ2) is 28.4. The first-order chi connectivity index (χ1) is 33.6. The molecule has 392 valence electrons. The minimum atomic E-state index is -1.54. The van der Waals surface area contributed by atoms with Gasteiger partial charge in [0.15, 0.2) is 0 Å². The first-order valence-corrected chi connectivity index (χ1v) is 22.6. The predicted molar refractivity (Wildman–Crippen MR) is 243 cm³/mol. The van der Waals surface area contributed by atoms with Gasteiger partial charge in [-0.1, -0.05) is 0 Å². The molecule has 29 heteroatoms. The highest BCUT2D eigenvalue weighted by molar-refractivity contribution is 6.01. The molecule has 0 bridgehead atoms. The van der Waals surface area contributed by atoms with Crippen molar-refractivity contribution in [2.75, 3.05) is 71.2 Å². The topological polar surface area (TPSA) is 437 Å². The van der Waals surface area contributed by atoms with Gasteiger partial charge in [-0.25, -0.2) is 38.4 Å². The minimum absolute atomic E-state index is 0.0555. The first kappa shape index (κ1) is 57.2. The van der Waals surface area contributed by atoms with Crippen LogP contribution in [-0.2, 0) is 28.8 Å². The van der Waals surface area contributed by atoms with Crippen LogP contribution >= 0.6 is 0 Å². The number of unbranched alkanes of at least 4 members (excludes halogenated alkanes) is 2. The Morgan fingerprint density at radius 1 is 0.437 bits per heavy atom. The van der Waals surface area contributed by atoms with Crippen molar-refractivity contribution >= 4 is 77.4 Å². The fourth-order valence-corrected chi connectivity index (χ4v) is 7.33. The smallest absolute Gasteiger partial charge is 0.326 e. The Morgan fingerprint density at radius 3 is 1.03 bits per heavy atom. The zero-order valence-corrected chi connectivity index (χ0v) is 38.6. The van der Waals surface area contributed by atoms with Crippen LogP contribution in [0.5, 0.6) is 0 Å². The molecule has 10 amide bonds. The highest BCUT2D eigenvalue weighted by Crippen LogP contribution is 2.19. The number of carbonyl (C=O) groups excluding carboxylic acids is 6. The lowest BCUT2D eigenvalue weighted by molar-refractivity contribution is -0.142. The number of piperazine rings is 2. The Morgan fingerprint density at radius 2 is 0.732 bits per heavy atom. The average Bonchev–Trinajstić information content (AvgIpc) is 3.31. The Balaban J connectivity index is 1.38. The summed E-state index contributed by atoms with van der Waals surface area (Å²) in [6, 6.07) is -4.60. The number of anilines is 1. The van der Waals surface area contributed by atoms with Gasteiger partial charge in [0, 0.05) is 95.1 Å². The quantitative estimate of drug-likeness (QED) is 0.0378. The standard InChI is InChI=1S/C42H61N11O18/c43-26-22-24(33(58)50-13-17-52(18-14-50)41(70)44-11-3-1-5-27(35(60)61)46-39(68)48-29(37(64)65)7-9-31(54)55)21-25(23-26)34(59)51-15-19-53(20-16-51)42(71)45-12-4-2-6-28(36(62)63)47-40(69)49-30(38(66)67)8-10-32(56)57/h21-23,27-30H,1-20,43H2,(H,44,70)(H,45,71)(H,54,55)(H,56,57)(H,60,61)(H,62,63)(H,64,65)(H,66,67)(H2,46,48,68)(H2,47,49,69)/t27-,28+,29-,30+. The Kier molecular flexibility index (Phi) is 22.9. The van der Waals surface area contributed by atoms with Crippen LogP contribution in [0.25, 0.3) is 0 Å². The van der Waals surface area contributed by atoms with Gasteiger partial charge in [-0.3, -0.25) is 19.2 Å². The largest absolute Gasteiger partial charge is 0.481 e. The number of amides is 10. The van der Waals surface area contributed by atoms with Crippen LogP contribution in [0.2, 0.25) is 0 Å². The Labute approximate surface area is 405 Å². The second-order valence-corrected chi connectivity index (χ2v) is 16.5. The van der Waals surface area contributed by atoms with Gasteiger partial charge in [-0.05, 0) is 69.6 Å². The number of nitrogens with zero attached hydrogens (tertiary/aromatic N) is 4. The van der Waals surface area contributed by atoms with E-state index in [2.05, 4.69) is 21.3 Å². The van der Waals surface area contributed by atoms with Gasteiger partial charge < -0.3 is 87.9 Å². The lowest BCUT2D eigenvalue weighted by Crippen LogP contribution is -2.53. The summed E-state index contributed by atoms with van der Waals surface area (Å²) in [5.74, 6) is -9.10. The highest BCUT2D eigenvalue weighted by Gasteiger charge is 2.30. The van der Waals surface area contributed by atoms with Crippen LogP contribution < -0.4 is 37.6 Å². The Hall–Kier alpha value is -8.14. The minimum Gasteiger partial charge on any atom is -0.481 e. The molecule has 29 nitrogen and oxygen atoms in total. The van der Waals surface area contributed by atoms with E-state index in [1.807, 2.05) is 10.6 Å². The van der Waals surface area contributed by atoms with Crippen LogP contribution in [0.1, 0.15) is 84.9 Å². The lowest BCUT2D eigenvalue weighted by Gasteiger charge is -2.35. The molecule has 1 aromatic carbocycles. The summed E-state index contributed by atoms with van der Waals surface area (Å²) in [5.41, 5.74) is 6.59. The maximum absolute atomic E-state index is 13.6. The average molecular weight is 1010 g/mol. The molecule has 14 N–H and O–H groups in total. The van der Waals surface area contributed by atoms with Crippen LogP contribution in [-0.4, -0.2) is 212 Å². The monoisotopic (exact) mass is 1010 g/mol. The maximum atomic E-state index is 13.6. The summed E-state index contributed by atoms with van der Waals surface area (Å²) in [5, 5.41) is 68.8. The molecule has 0 radical (unpaired) electrons. The molecule has 1 aromatic rings. The van der Waals surface area contributed by atoms with Crippen LogP contribution in [0.3, 0.4) is 0 Å². The number of hydrogen-bond donors (Lipinski definition) is 13. The van der Waals surface area contributed by atoms with E-state index in [9.17, 15) is 78.0 Å². The van der Waals surface area contributed by atoms with E-state index in [0.717, 1.165) is 0 Å². The molecule has 4 atom stereocenters. The molecule has 0 spiro atoms. The van der Waals surface area contributed by atoms with Crippen molar-refractivity contribution in [2.45, 2.75) is 88.4 Å². The van der Waals surface area contributed by atoms with E-state index in [0.29, 0.717) is 12.8 Å². The summed E-state index contributed by atoms with van der Waals surface area (Å²) < 4.78 is 0. The van der Waals surface area contributed by atoms with E-state index < -0.39 is 122 Å². The number of rotatable bonds is 26. The van der Waals surface area contributed by atoms with Gasteiger partial charge in [-0.2, -0.15) is 0 Å². The van der Waals surface area contributed by atoms with Gasteiger partial charge in [0.1, 0.15) is 24.2 Å². The number of benzene rings is 1. The van der Waals surface area contributed by atoms with Crippen LogP contribution in [0.4, 0.5) is 24.9 Å². The van der Waals surface area contributed by atoms with Crippen molar-refractivity contribution in [2.24, 2.45) is 0 Å². The highest BCUT2D eigenvalue weighted by atomic mass is 16.4. The fraction of sp³-hybridized carbons (Fsp3) is 0.571. The summed E-state index contributed by atoms with van der Waals surface area (Å²) in [6.45, 7) is 1.65. The van der Waals surface area contributed by atoms with Crippen molar-refractivity contribution in [1.29, 1.82) is 0 Å². The fourth-order valence-electron chi connectivity index (χ4n) is 7.33. The number of nitrogens with one attached hydrogen (secondary N) is 6. The van der Waals surface area contributed by atoms with E-state index in [4.69, 9.17) is 15.9 Å². The van der Waals surface area contributed by atoms with Gasteiger partial charge in [0.2, 0.25) is 0 Å². The number of nitrogen functional groups attached to an aromatic ring is 1.